The van der Waals surface area contributed by atoms with E-state index in [-0.39, 0.29) is 5.92 Å². The molecule has 0 spiro atoms. The van der Waals surface area contributed by atoms with Crippen molar-refractivity contribution in [2.75, 3.05) is 0 Å². The molecule has 0 aliphatic carbocycles. The van der Waals surface area contributed by atoms with E-state index in [1.165, 1.54) is 0 Å². The SMILES string of the molecule is Cc1cc(Cc2nn[nH]n2)cc(C)c1Oc1ccc(O)c(C(C)C)c1. The van der Waals surface area contributed by atoms with Gasteiger partial charge in [-0.1, -0.05) is 31.2 Å². The molecule has 0 saturated carbocycles. The van der Waals surface area contributed by atoms with Crippen LogP contribution < -0.4 is 4.74 Å². The lowest BCUT2D eigenvalue weighted by Gasteiger charge is -2.15. The van der Waals surface area contributed by atoms with Crippen molar-refractivity contribution in [2.45, 2.75) is 40.0 Å². The standard InChI is InChI=1S/C19H22N4O2/c1-11(2)16-10-15(5-6-17(16)24)25-19-12(3)7-14(8-13(19)4)9-18-20-22-23-21-18/h5-8,10-11,24H,9H2,1-4H3,(H,20,21,22,23). The molecule has 0 fully saturated rings. The third-order valence-corrected chi connectivity index (χ3v) is 4.11. The molecule has 0 saturated heterocycles. The van der Waals surface area contributed by atoms with Gasteiger partial charge < -0.3 is 9.84 Å². The van der Waals surface area contributed by atoms with Crippen LogP contribution in [0.2, 0.25) is 0 Å². The summed E-state index contributed by atoms with van der Waals surface area (Å²) in [4.78, 5) is 0. The summed E-state index contributed by atoms with van der Waals surface area (Å²) in [6, 6.07) is 9.50. The van der Waals surface area contributed by atoms with Crippen LogP contribution in [-0.4, -0.2) is 25.7 Å². The molecule has 6 nitrogen and oxygen atoms in total. The van der Waals surface area contributed by atoms with Gasteiger partial charge in [0.1, 0.15) is 17.2 Å². The summed E-state index contributed by atoms with van der Waals surface area (Å²) in [6.07, 6.45) is 0.620. The van der Waals surface area contributed by atoms with Gasteiger partial charge in [0.2, 0.25) is 0 Å². The Labute approximate surface area is 146 Å². The molecule has 130 valence electrons. The van der Waals surface area contributed by atoms with E-state index in [9.17, 15) is 5.11 Å². The first kappa shape index (κ1) is 17.0. The summed E-state index contributed by atoms with van der Waals surface area (Å²) in [5, 5.41) is 24.0. The lowest BCUT2D eigenvalue weighted by molar-refractivity contribution is 0.452. The Hall–Kier alpha value is -2.89. The first-order valence-electron chi connectivity index (χ1n) is 8.27. The Bertz CT molecular complexity index is 850. The molecule has 1 heterocycles. The molecule has 0 aliphatic heterocycles. The van der Waals surface area contributed by atoms with Crippen molar-refractivity contribution in [1.29, 1.82) is 0 Å². The first-order valence-corrected chi connectivity index (χ1v) is 8.27. The first-order chi connectivity index (χ1) is 11.9. The van der Waals surface area contributed by atoms with Crippen molar-refractivity contribution in [3.05, 3.63) is 58.4 Å². The van der Waals surface area contributed by atoms with Gasteiger partial charge in [0.25, 0.3) is 0 Å². The molecule has 25 heavy (non-hydrogen) atoms. The summed E-state index contributed by atoms with van der Waals surface area (Å²) in [7, 11) is 0. The van der Waals surface area contributed by atoms with Gasteiger partial charge in [0.05, 0.1) is 0 Å². The quantitative estimate of drug-likeness (QED) is 0.734. The van der Waals surface area contributed by atoms with E-state index in [1.54, 1.807) is 12.1 Å². The zero-order chi connectivity index (χ0) is 18.0. The zero-order valence-electron chi connectivity index (χ0n) is 14.9. The topological polar surface area (TPSA) is 83.9 Å². The zero-order valence-corrected chi connectivity index (χ0v) is 14.9. The number of aryl methyl sites for hydroxylation is 2. The van der Waals surface area contributed by atoms with Crippen LogP contribution in [0.25, 0.3) is 0 Å². The Morgan fingerprint density at radius 1 is 1.12 bits per heavy atom. The number of ether oxygens (including phenoxy) is 1. The Morgan fingerprint density at radius 2 is 1.84 bits per heavy atom. The van der Waals surface area contributed by atoms with E-state index in [0.29, 0.717) is 18.0 Å². The molecule has 0 unspecified atom stereocenters. The maximum Gasteiger partial charge on any atom is 0.178 e. The average molecular weight is 338 g/mol. The lowest BCUT2D eigenvalue weighted by Crippen LogP contribution is -1.97. The Kier molecular flexibility index (Phi) is 4.70. The van der Waals surface area contributed by atoms with Crippen LogP contribution in [0.3, 0.4) is 0 Å². The third kappa shape index (κ3) is 3.79. The van der Waals surface area contributed by atoms with Crippen molar-refractivity contribution in [3.8, 4) is 17.2 Å². The second-order valence-corrected chi connectivity index (χ2v) is 6.54. The maximum absolute atomic E-state index is 9.96. The summed E-state index contributed by atoms with van der Waals surface area (Å²) >= 11 is 0. The van der Waals surface area contributed by atoms with Crippen molar-refractivity contribution in [1.82, 2.24) is 20.6 Å². The second-order valence-electron chi connectivity index (χ2n) is 6.54. The summed E-state index contributed by atoms with van der Waals surface area (Å²) in [5.41, 5.74) is 4.06. The molecular weight excluding hydrogens is 316 g/mol. The highest BCUT2D eigenvalue weighted by atomic mass is 16.5. The fourth-order valence-corrected chi connectivity index (χ4v) is 2.92. The number of benzene rings is 2. The number of tetrazole rings is 1. The van der Waals surface area contributed by atoms with Gasteiger partial charge in [-0.3, -0.25) is 0 Å². The number of rotatable bonds is 5. The van der Waals surface area contributed by atoms with Gasteiger partial charge in [-0.2, -0.15) is 5.21 Å². The van der Waals surface area contributed by atoms with Crippen molar-refractivity contribution < 1.29 is 9.84 Å². The monoisotopic (exact) mass is 338 g/mol. The number of H-pyrrole nitrogens is 1. The van der Waals surface area contributed by atoms with Crippen LogP contribution in [0.15, 0.2) is 30.3 Å². The van der Waals surface area contributed by atoms with Crippen LogP contribution in [0, 0.1) is 13.8 Å². The molecule has 3 rings (SSSR count). The fourth-order valence-electron chi connectivity index (χ4n) is 2.92. The normalized spacial score (nSPS) is 11.1. The largest absolute Gasteiger partial charge is 0.508 e. The minimum absolute atomic E-state index is 0.225. The molecule has 0 atom stereocenters. The van der Waals surface area contributed by atoms with Gasteiger partial charge >= 0.3 is 0 Å². The number of aromatic amines is 1. The number of phenols is 1. The number of nitrogens with one attached hydrogen (secondary N) is 1. The average Bonchev–Trinajstić information content (AvgIpc) is 3.05. The van der Waals surface area contributed by atoms with Gasteiger partial charge in [-0.25, -0.2) is 0 Å². The number of hydrogen-bond donors (Lipinski definition) is 2. The van der Waals surface area contributed by atoms with Crippen LogP contribution in [-0.2, 0) is 6.42 Å². The summed E-state index contributed by atoms with van der Waals surface area (Å²) in [5.74, 6) is 2.73. The Balaban J connectivity index is 1.87. The minimum Gasteiger partial charge on any atom is -0.508 e. The number of aromatic nitrogens is 4. The Morgan fingerprint density at radius 3 is 2.44 bits per heavy atom. The molecule has 2 N–H and O–H groups in total. The van der Waals surface area contributed by atoms with E-state index >= 15 is 0 Å². The molecule has 6 heteroatoms. The van der Waals surface area contributed by atoms with Crippen molar-refractivity contribution in [2.24, 2.45) is 0 Å². The van der Waals surface area contributed by atoms with E-state index in [2.05, 4.69) is 32.8 Å². The predicted octanol–water partition coefficient (Wildman–Crippen LogP) is 4.03. The van der Waals surface area contributed by atoms with Gasteiger partial charge in [-0.05, 0) is 54.7 Å². The van der Waals surface area contributed by atoms with E-state index in [0.717, 1.165) is 33.8 Å². The van der Waals surface area contributed by atoms with Crippen LogP contribution in [0.5, 0.6) is 17.2 Å². The lowest BCUT2D eigenvalue weighted by atomic mass is 10.0. The maximum atomic E-state index is 9.96. The molecule has 1 aromatic heterocycles. The smallest absolute Gasteiger partial charge is 0.178 e. The van der Waals surface area contributed by atoms with Gasteiger partial charge in [0.15, 0.2) is 5.82 Å². The van der Waals surface area contributed by atoms with Crippen molar-refractivity contribution in [3.63, 3.8) is 0 Å². The van der Waals surface area contributed by atoms with Crippen LogP contribution in [0.4, 0.5) is 0 Å². The molecule has 0 bridgehead atoms. The van der Waals surface area contributed by atoms with Crippen LogP contribution in [0.1, 0.15) is 47.8 Å². The van der Waals surface area contributed by atoms with Crippen molar-refractivity contribution >= 4 is 0 Å². The molecule has 0 aliphatic rings. The second kappa shape index (κ2) is 6.93. The van der Waals surface area contributed by atoms with Gasteiger partial charge in [-0.15, -0.1) is 10.2 Å². The number of aromatic hydroxyl groups is 1. The third-order valence-electron chi connectivity index (χ3n) is 4.11. The fraction of sp³-hybridized carbons (Fsp3) is 0.316. The molecule has 3 aromatic rings. The predicted molar refractivity (Wildman–Crippen MR) is 95.2 cm³/mol. The number of nitrogens with zero attached hydrogens (tertiary/aromatic N) is 3. The van der Waals surface area contributed by atoms with E-state index in [1.807, 2.05) is 33.8 Å². The van der Waals surface area contributed by atoms with Gasteiger partial charge in [0, 0.05) is 12.0 Å². The number of hydrogen-bond acceptors (Lipinski definition) is 5. The molecule has 2 aromatic carbocycles. The molecule has 0 amide bonds. The summed E-state index contributed by atoms with van der Waals surface area (Å²) < 4.78 is 6.12. The highest BCUT2D eigenvalue weighted by Gasteiger charge is 2.12. The van der Waals surface area contributed by atoms with E-state index < -0.39 is 0 Å². The number of phenolic OH excluding ortho intramolecular Hbond substituents is 1. The van der Waals surface area contributed by atoms with Crippen LogP contribution >= 0.6 is 0 Å². The highest BCUT2D eigenvalue weighted by molar-refractivity contribution is 5.48. The minimum atomic E-state index is 0.225. The van der Waals surface area contributed by atoms with E-state index in [4.69, 9.17) is 4.74 Å². The summed E-state index contributed by atoms with van der Waals surface area (Å²) in [6.45, 7) is 8.13. The molecular formula is C19H22N4O2. The highest BCUT2D eigenvalue weighted by Crippen LogP contribution is 2.34. The molecule has 0 radical (unpaired) electrons.